The van der Waals surface area contributed by atoms with Crippen molar-refractivity contribution in [3.8, 4) is 18.3 Å². The molecule has 5 nitrogen and oxygen atoms in total. The van der Waals surface area contributed by atoms with Gasteiger partial charge in [-0.15, -0.1) is 11.6 Å². The Bertz CT molecular complexity index is 768. The molecule has 0 radical (unpaired) electrons. The van der Waals surface area contributed by atoms with Crippen LogP contribution in [-0.4, -0.2) is 17.7 Å². The summed E-state index contributed by atoms with van der Waals surface area (Å²) < 4.78 is 4.93. The van der Waals surface area contributed by atoms with E-state index in [2.05, 4.69) is 16.7 Å². The third kappa shape index (κ3) is 4.77. The lowest BCUT2D eigenvalue weighted by atomic mass is 10.2. The quantitative estimate of drug-likeness (QED) is 0.654. The van der Waals surface area contributed by atoms with Crippen LogP contribution in [-0.2, 0) is 4.79 Å². The maximum Gasteiger partial charge on any atom is 0.255 e. The van der Waals surface area contributed by atoms with Gasteiger partial charge in [0.25, 0.3) is 5.91 Å². The lowest BCUT2D eigenvalue weighted by molar-refractivity contribution is -0.113. The SMILES string of the molecule is C#COc1cccc(NC(=O)c2cccc(NC(=O)CCl)c2)c1. The summed E-state index contributed by atoms with van der Waals surface area (Å²) in [6.45, 7) is 0. The summed E-state index contributed by atoms with van der Waals surface area (Å²) in [5.74, 6) is -0.375. The molecule has 23 heavy (non-hydrogen) atoms. The third-order valence-electron chi connectivity index (χ3n) is 2.80. The number of alkyl halides is 1. The number of ether oxygens (including phenoxy) is 1. The molecular formula is C17H13ClN2O3. The molecular weight excluding hydrogens is 316 g/mol. The van der Waals surface area contributed by atoms with E-state index in [0.29, 0.717) is 22.7 Å². The average molecular weight is 329 g/mol. The highest BCUT2D eigenvalue weighted by molar-refractivity contribution is 6.29. The monoisotopic (exact) mass is 328 g/mol. The van der Waals surface area contributed by atoms with Gasteiger partial charge < -0.3 is 15.4 Å². The fourth-order valence-corrected chi connectivity index (χ4v) is 1.91. The summed E-state index contributed by atoms with van der Waals surface area (Å²) in [5, 5.41) is 5.31. The van der Waals surface area contributed by atoms with Gasteiger partial charge in [-0.25, -0.2) is 0 Å². The van der Waals surface area contributed by atoms with Crippen molar-refractivity contribution in [3.05, 3.63) is 54.1 Å². The summed E-state index contributed by atoms with van der Waals surface area (Å²) in [4.78, 5) is 23.5. The number of nitrogens with one attached hydrogen (secondary N) is 2. The number of terminal acetylenes is 1. The summed E-state index contributed by atoms with van der Waals surface area (Å²) in [6, 6.07) is 13.2. The highest BCUT2D eigenvalue weighted by Crippen LogP contribution is 2.18. The lowest BCUT2D eigenvalue weighted by Gasteiger charge is -2.08. The van der Waals surface area contributed by atoms with Crippen LogP contribution in [0.2, 0.25) is 0 Å². The number of rotatable bonds is 5. The first kappa shape index (κ1) is 16.4. The normalized spacial score (nSPS) is 9.57. The minimum absolute atomic E-state index is 0.154. The average Bonchev–Trinajstić information content (AvgIpc) is 2.55. The molecule has 0 heterocycles. The Morgan fingerprint density at radius 1 is 1.09 bits per heavy atom. The van der Waals surface area contributed by atoms with Gasteiger partial charge in [-0.1, -0.05) is 18.6 Å². The summed E-state index contributed by atoms with van der Waals surface area (Å²) >= 11 is 5.43. The molecule has 0 atom stereocenters. The Labute approximate surface area is 138 Å². The molecule has 2 amide bonds. The Morgan fingerprint density at radius 3 is 2.48 bits per heavy atom. The van der Waals surface area contributed by atoms with Crippen LogP contribution >= 0.6 is 11.6 Å². The molecule has 0 aromatic heterocycles. The molecule has 2 aromatic carbocycles. The Morgan fingerprint density at radius 2 is 1.78 bits per heavy atom. The Balaban J connectivity index is 2.11. The van der Waals surface area contributed by atoms with Gasteiger partial charge in [-0.3, -0.25) is 9.59 Å². The molecule has 0 aliphatic rings. The third-order valence-corrected chi connectivity index (χ3v) is 3.04. The molecule has 2 aromatic rings. The predicted molar refractivity (Wildman–Crippen MR) is 89.6 cm³/mol. The molecule has 0 saturated carbocycles. The highest BCUT2D eigenvalue weighted by atomic mass is 35.5. The topological polar surface area (TPSA) is 67.4 Å². The van der Waals surface area contributed by atoms with Crippen LogP contribution < -0.4 is 15.4 Å². The molecule has 0 saturated heterocycles. The number of carbonyl (C=O) groups is 2. The molecule has 116 valence electrons. The van der Waals surface area contributed by atoms with Gasteiger partial charge in [0.1, 0.15) is 17.7 Å². The summed E-state index contributed by atoms with van der Waals surface area (Å²) in [7, 11) is 0. The predicted octanol–water partition coefficient (Wildman–Crippen LogP) is 3.09. The molecule has 0 fully saturated rings. The van der Waals surface area contributed by atoms with E-state index in [1.54, 1.807) is 48.5 Å². The first-order valence-corrected chi connectivity index (χ1v) is 7.15. The zero-order valence-electron chi connectivity index (χ0n) is 12.0. The molecule has 0 bridgehead atoms. The van der Waals surface area contributed by atoms with Crippen LogP contribution in [0.15, 0.2) is 48.5 Å². The van der Waals surface area contributed by atoms with Crippen molar-refractivity contribution in [2.24, 2.45) is 0 Å². The van der Waals surface area contributed by atoms with Gasteiger partial charge in [0, 0.05) is 23.0 Å². The van der Waals surface area contributed by atoms with Crippen molar-refractivity contribution in [2.45, 2.75) is 0 Å². The largest absolute Gasteiger partial charge is 0.408 e. The van der Waals surface area contributed by atoms with Crippen molar-refractivity contribution in [3.63, 3.8) is 0 Å². The molecule has 0 aliphatic heterocycles. The lowest BCUT2D eigenvalue weighted by Crippen LogP contribution is -2.15. The van der Waals surface area contributed by atoms with E-state index >= 15 is 0 Å². The summed E-state index contributed by atoms with van der Waals surface area (Å²) in [6.07, 6.45) is 7.13. The molecule has 0 aliphatic carbocycles. The minimum atomic E-state index is -0.344. The Kier molecular flexibility index (Phi) is 5.61. The highest BCUT2D eigenvalue weighted by Gasteiger charge is 2.08. The first-order chi connectivity index (χ1) is 11.1. The zero-order valence-corrected chi connectivity index (χ0v) is 12.8. The van der Waals surface area contributed by atoms with E-state index < -0.39 is 0 Å². The van der Waals surface area contributed by atoms with E-state index in [9.17, 15) is 9.59 Å². The number of carbonyl (C=O) groups excluding carboxylic acids is 2. The van der Waals surface area contributed by atoms with Gasteiger partial charge >= 0.3 is 0 Å². The number of hydrogen-bond acceptors (Lipinski definition) is 3. The molecule has 0 spiro atoms. The van der Waals surface area contributed by atoms with Crippen molar-refractivity contribution in [1.82, 2.24) is 0 Å². The second kappa shape index (κ2) is 7.87. The van der Waals surface area contributed by atoms with Crippen LogP contribution in [0.3, 0.4) is 0 Å². The standard InChI is InChI=1S/C17H13ClN2O3/c1-2-23-15-8-4-7-14(10-15)20-17(22)12-5-3-6-13(9-12)19-16(21)11-18/h1,3-10H,11H2,(H,19,21)(H,20,22). The second-order valence-electron chi connectivity index (χ2n) is 4.46. The van der Waals surface area contributed by atoms with Crippen LogP contribution in [0.5, 0.6) is 5.75 Å². The van der Waals surface area contributed by atoms with Crippen LogP contribution in [0.25, 0.3) is 0 Å². The van der Waals surface area contributed by atoms with Crippen molar-refractivity contribution in [1.29, 1.82) is 0 Å². The van der Waals surface area contributed by atoms with Crippen molar-refractivity contribution < 1.29 is 14.3 Å². The first-order valence-electron chi connectivity index (χ1n) is 6.62. The fourth-order valence-electron chi connectivity index (χ4n) is 1.84. The maximum atomic E-state index is 12.3. The Hall–Kier alpha value is -2.97. The molecule has 0 unspecified atom stereocenters. The smallest absolute Gasteiger partial charge is 0.255 e. The molecule has 2 rings (SSSR count). The number of halogens is 1. The van der Waals surface area contributed by atoms with Crippen molar-refractivity contribution in [2.75, 3.05) is 16.5 Å². The van der Waals surface area contributed by atoms with E-state index in [4.69, 9.17) is 22.8 Å². The maximum absolute atomic E-state index is 12.3. The summed E-state index contributed by atoms with van der Waals surface area (Å²) in [5.41, 5.74) is 1.42. The van der Waals surface area contributed by atoms with Gasteiger partial charge in [0.15, 0.2) is 0 Å². The number of benzene rings is 2. The zero-order chi connectivity index (χ0) is 16.7. The van der Waals surface area contributed by atoms with Crippen LogP contribution in [0.1, 0.15) is 10.4 Å². The van der Waals surface area contributed by atoms with Crippen molar-refractivity contribution >= 4 is 34.8 Å². The van der Waals surface area contributed by atoms with Gasteiger partial charge in [0.2, 0.25) is 5.91 Å². The van der Waals surface area contributed by atoms with Gasteiger partial charge in [-0.2, -0.15) is 0 Å². The number of hydrogen-bond donors (Lipinski definition) is 2. The van der Waals surface area contributed by atoms with E-state index in [-0.39, 0.29) is 17.7 Å². The van der Waals surface area contributed by atoms with E-state index in [1.165, 1.54) is 0 Å². The van der Waals surface area contributed by atoms with Gasteiger partial charge in [0.05, 0.1) is 0 Å². The molecule has 6 heteroatoms. The second-order valence-corrected chi connectivity index (χ2v) is 4.73. The fraction of sp³-hybridized carbons (Fsp3) is 0.0588. The van der Waals surface area contributed by atoms with Crippen LogP contribution in [0.4, 0.5) is 11.4 Å². The van der Waals surface area contributed by atoms with E-state index in [0.717, 1.165) is 0 Å². The number of anilines is 2. The molecule has 2 N–H and O–H groups in total. The van der Waals surface area contributed by atoms with Gasteiger partial charge in [-0.05, 0) is 30.3 Å². The van der Waals surface area contributed by atoms with E-state index in [1.807, 2.05) is 0 Å². The van der Waals surface area contributed by atoms with Crippen LogP contribution in [0, 0.1) is 12.5 Å². The number of amides is 2. The minimum Gasteiger partial charge on any atom is -0.408 e.